The molecule has 3 aliphatic rings. The van der Waals surface area contributed by atoms with E-state index in [2.05, 4.69) is 79.1 Å². The van der Waals surface area contributed by atoms with Crippen LogP contribution in [0.1, 0.15) is 12.5 Å². The Labute approximate surface area is 201 Å². The van der Waals surface area contributed by atoms with Crippen LogP contribution in [0.15, 0.2) is 42.7 Å². The third kappa shape index (κ3) is 3.95. The van der Waals surface area contributed by atoms with E-state index in [4.69, 9.17) is 4.98 Å². The number of hydrogen-bond acceptors (Lipinski definition) is 8. The van der Waals surface area contributed by atoms with Crippen molar-refractivity contribution in [2.45, 2.75) is 25.9 Å². The molecule has 34 heavy (non-hydrogen) atoms. The van der Waals surface area contributed by atoms with E-state index < -0.39 is 0 Å². The summed E-state index contributed by atoms with van der Waals surface area (Å²) in [4.78, 5) is 24.2. The standard InChI is InChI=1S/C26H34N8/c1-19-5-6-23(22-4-3-8-28-25(19)22)33-16-20(2)34-15-14-32(17-21(34)18-33)24-7-9-29-26(30-24)31-12-10-27-11-13-31/h3-9,20-21,27H,10-18H2,1-2H3/t20-,21+/m1/s1. The van der Waals surface area contributed by atoms with Gasteiger partial charge in [0.15, 0.2) is 0 Å². The Kier molecular flexibility index (Phi) is 5.71. The molecule has 0 aliphatic carbocycles. The van der Waals surface area contributed by atoms with Gasteiger partial charge in [0.05, 0.1) is 5.52 Å². The molecule has 0 saturated carbocycles. The summed E-state index contributed by atoms with van der Waals surface area (Å²) >= 11 is 0. The molecule has 3 aromatic rings. The number of fused-ring (bicyclic) bond motifs is 2. The zero-order chi connectivity index (χ0) is 23.1. The number of rotatable bonds is 3. The third-order valence-corrected chi connectivity index (χ3v) is 7.65. The molecule has 0 radical (unpaired) electrons. The Bertz CT molecular complexity index is 1160. The van der Waals surface area contributed by atoms with Gasteiger partial charge >= 0.3 is 0 Å². The van der Waals surface area contributed by atoms with Gasteiger partial charge < -0.3 is 20.0 Å². The number of anilines is 3. The highest BCUT2D eigenvalue weighted by atomic mass is 15.4. The summed E-state index contributed by atoms with van der Waals surface area (Å²) in [5.41, 5.74) is 3.65. The summed E-state index contributed by atoms with van der Waals surface area (Å²) in [6, 6.07) is 11.8. The maximum atomic E-state index is 4.98. The fourth-order valence-corrected chi connectivity index (χ4v) is 5.88. The van der Waals surface area contributed by atoms with E-state index in [1.165, 1.54) is 16.6 Å². The molecule has 0 bridgehead atoms. The number of nitrogens with zero attached hydrogens (tertiary/aromatic N) is 7. The second-order valence-corrected chi connectivity index (χ2v) is 9.84. The van der Waals surface area contributed by atoms with E-state index >= 15 is 0 Å². The highest BCUT2D eigenvalue weighted by molar-refractivity contribution is 5.93. The zero-order valence-electron chi connectivity index (χ0n) is 20.2. The smallest absolute Gasteiger partial charge is 0.227 e. The van der Waals surface area contributed by atoms with Crippen LogP contribution in [0.5, 0.6) is 0 Å². The van der Waals surface area contributed by atoms with E-state index in [0.717, 1.165) is 76.2 Å². The van der Waals surface area contributed by atoms with Gasteiger partial charge in [0, 0.05) is 94.5 Å². The Balaban J connectivity index is 1.23. The van der Waals surface area contributed by atoms with Gasteiger partial charge in [0.25, 0.3) is 0 Å². The first-order chi connectivity index (χ1) is 16.7. The minimum absolute atomic E-state index is 0.461. The van der Waals surface area contributed by atoms with Gasteiger partial charge in [-0.05, 0) is 43.7 Å². The lowest BCUT2D eigenvalue weighted by molar-refractivity contribution is 0.108. The minimum Gasteiger partial charge on any atom is -0.368 e. The van der Waals surface area contributed by atoms with Crippen molar-refractivity contribution < 1.29 is 0 Å². The molecular weight excluding hydrogens is 424 g/mol. The van der Waals surface area contributed by atoms with Gasteiger partial charge in [0.1, 0.15) is 5.82 Å². The number of aryl methyl sites for hydroxylation is 1. The summed E-state index contributed by atoms with van der Waals surface area (Å²) in [5.74, 6) is 1.91. The Hall–Kier alpha value is -2.97. The first-order valence-electron chi connectivity index (χ1n) is 12.6. The number of piperazine rings is 3. The maximum absolute atomic E-state index is 4.98. The average Bonchev–Trinajstić information content (AvgIpc) is 2.89. The molecule has 1 N–H and O–H groups in total. The Morgan fingerprint density at radius 1 is 0.853 bits per heavy atom. The average molecular weight is 459 g/mol. The minimum atomic E-state index is 0.461. The quantitative estimate of drug-likeness (QED) is 0.641. The molecule has 0 unspecified atom stereocenters. The summed E-state index contributed by atoms with van der Waals surface area (Å²) in [6.07, 6.45) is 3.82. The van der Waals surface area contributed by atoms with Crippen LogP contribution < -0.4 is 20.0 Å². The first kappa shape index (κ1) is 21.6. The zero-order valence-corrected chi connectivity index (χ0v) is 20.2. The molecule has 8 nitrogen and oxygen atoms in total. The van der Waals surface area contributed by atoms with Crippen LogP contribution in [0.3, 0.4) is 0 Å². The highest BCUT2D eigenvalue weighted by Gasteiger charge is 2.37. The second-order valence-electron chi connectivity index (χ2n) is 9.84. The summed E-state index contributed by atoms with van der Waals surface area (Å²) in [5, 5.41) is 4.66. The van der Waals surface area contributed by atoms with E-state index in [9.17, 15) is 0 Å². The predicted octanol–water partition coefficient (Wildman–Crippen LogP) is 2.14. The van der Waals surface area contributed by atoms with Crippen molar-refractivity contribution in [3.8, 4) is 0 Å². The van der Waals surface area contributed by atoms with Gasteiger partial charge in [-0.1, -0.05) is 6.07 Å². The molecule has 0 spiro atoms. The van der Waals surface area contributed by atoms with Crippen LogP contribution >= 0.6 is 0 Å². The lowest BCUT2D eigenvalue weighted by atomic mass is 10.0. The summed E-state index contributed by atoms with van der Waals surface area (Å²) in [6.45, 7) is 13.6. The number of aromatic nitrogens is 3. The van der Waals surface area contributed by atoms with E-state index in [1.54, 1.807) is 0 Å². The number of nitrogens with one attached hydrogen (secondary N) is 1. The molecule has 3 fully saturated rings. The van der Waals surface area contributed by atoms with E-state index in [-0.39, 0.29) is 0 Å². The van der Waals surface area contributed by atoms with Gasteiger partial charge in [-0.2, -0.15) is 4.98 Å². The Morgan fingerprint density at radius 3 is 2.59 bits per heavy atom. The fraction of sp³-hybridized carbons (Fsp3) is 0.500. The monoisotopic (exact) mass is 458 g/mol. The van der Waals surface area contributed by atoms with Crippen molar-refractivity contribution in [2.75, 3.05) is 73.6 Å². The lowest BCUT2D eigenvalue weighted by Gasteiger charge is -2.51. The SMILES string of the molecule is Cc1ccc(N2C[C@@H]3CN(c4ccnc(N5CCNCC5)n4)CCN3[C@H](C)C2)c2cccnc12. The first-order valence-corrected chi connectivity index (χ1v) is 12.6. The third-order valence-electron chi connectivity index (χ3n) is 7.65. The molecule has 178 valence electrons. The molecule has 5 heterocycles. The second kappa shape index (κ2) is 9.00. The molecule has 8 heteroatoms. The van der Waals surface area contributed by atoms with Crippen molar-refractivity contribution >= 4 is 28.4 Å². The summed E-state index contributed by atoms with van der Waals surface area (Å²) < 4.78 is 0. The molecule has 3 aliphatic heterocycles. The molecule has 0 amide bonds. The maximum Gasteiger partial charge on any atom is 0.227 e. The van der Waals surface area contributed by atoms with Crippen molar-refractivity contribution in [3.05, 3.63) is 48.3 Å². The van der Waals surface area contributed by atoms with Crippen molar-refractivity contribution in [1.82, 2.24) is 25.2 Å². The van der Waals surface area contributed by atoms with Gasteiger partial charge in [-0.15, -0.1) is 0 Å². The van der Waals surface area contributed by atoms with Crippen molar-refractivity contribution in [2.24, 2.45) is 0 Å². The van der Waals surface area contributed by atoms with Gasteiger partial charge in [0.2, 0.25) is 5.95 Å². The molecule has 1 aromatic carbocycles. The lowest BCUT2D eigenvalue weighted by Crippen LogP contribution is -2.65. The predicted molar refractivity (Wildman–Crippen MR) is 138 cm³/mol. The summed E-state index contributed by atoms with van der Waals surface area (Å²) in [7, 11) is 0. The van der Waals surface area contributed by atoms with Crippen LogP contribution in [-0.4, -0.2) is 90.8 Å². The normalized spacial score (nSPS) is 23.9. The fourth-order valence-electron chi connectivity index (χ4n) is 5.88. The van der Waals surface area contributed by atoms with Crippen LogP contribution in [0.25, 0.3) is 10.9 Å². The molecule has 2 atom stereocenters. The van der Waals surface area contributed by atoms with Crippen LogP contribution in [-0.2, 0) is 0 Å². The van der Waals surface area contributed by atoms with Gasteiger partial charge in [-0.3, -0.25) is 9.88 Å². The van der Waals surface area contributed by atoms with Gasteiger partial charge in [-0.25, -0.2) is 4.98 Å². The largest absolute Gasteiger partial charge is 0.368 e. The number of benzene rings is 1. The molecule has 6 rings (SSSR count). The molecular formula is C26H34N8. The van der Waals surface area contributed by atoms with Crippen LogP contribution in [0.4, 0.5) is 17.5 Å². The topological polar surface area (TPSA) is 63.7 Å². The Morgan fingerprint density at radius 2 is 1.71 bits per heavy atom. The molecule has 3 saturated heterocycles. The number of pyridine rings is 1. The number of hydrogen-bond donors (Lipinski definition) is 1. The molecule has 2 aromatic heterocycles. The van der Waals surface area contributed by atoms with Crippen LogP contribution in [0.2, 0.25) is 0 Å². The van der Waals surface area contributed by atoms with Crippen LogP contribution in [0, 0.1) is 6.92 Å². The van der Waals surface area contributed by atoms with E-state index in [1.807, 2.05) is 12.4 Å². The van der Waals surface area contributed by atoms with Crippen molar-refractivity contribution in [3.63, 3.8) is 0 Å². The van der Waals surface area contributed by atoms with Crippen molar-refractivity contribution in [1.29, 1.82) is 0 Å². The highest BCUT2D eigenvalue weighted by Crippen LogP contribution is 2.32. The van der Waals surface area contributed by atoms with E-state index in [0.29, 0.717) is 12.1 Å².